The Bertz CT molecular complexity index is 871. The number of nitrogens with zero attached hydrogens (tertiary/aromatic N) is 3. The van der Waals surface area contributed by atoms with Crippen molar-refractivity contribution in [2.45, 2.75) is 80.1 Å². The number of benzene rings is 1. The summed E-state index contributed by atoms with van der Waals surface area (Å²) in [6.45, 7) is 17.7. The zero-order valence-corrected chi connectivity index (χ0v) is 22.0. The molecule has 0 unspecified atom stereocenters. The van der Waals surface area contributed by atoms with Gasteiger partial charge in [-0.25, -0.2) is 4.79 Å². The van der Waals surface area contributed by atoms with E-state index in [1.54, 1.807) is 6.20 Å². The Morgan fingerprint density at radius 3 is 1.82 bits per heavy atom. The van der Waals surface area contributed by atoms with E-state index in [0.717, 1.165) is 24.4 Å². The van der Waals surface area contributed by atoms with E-state index >= 15 is 0 Å². The number of allylic oxidation sites excluding steroid dienone is 1. The fourth-order valence-corrected chi connectivity index (χ4v) is 2.80. The van der Waals surface area contributed by atoms with Crippen LogP contribution in [0.25, 0.3) is 0 Å². The average molecular weight is 471 g/mol. The molecule has 188 valence electrons. The van der Waals surface area contributed by atoms with Crippen LogP contribution >= 0.6 is 0 Å². The van der Waals surface area contributed by atoms with Crippen LogP contribution in [-0.2, 0) is 14.4 Å². The van der Waals surface area contributed by atoms with Crippen molar-refractivity contribution in [2.75, 3.05) is 6.61 Å². The third kappa shape index (κ3) is 11.8. The van der Waals surface area contributed by atoms with Crippen LogP contribution in [0.1, 0.15) is 91.3 Å². The molecule has 2 aliphatic rings. The minimum atomic E-state index is -0.237. The van der Waals surface area contributed by atoms with Gasteiger partial charge in [0.15, 0.2) is 0 Å². The van der Waals surface area contributed by atoms with E-state index in [-0.39, 0.29) is 5.97 Å². The van der Waals surface area contributed by atoms with Crippen LogP contribution in [0.2, 0.25) is 0 Å². The Balaban J connectivity index is 0.000000227. The highest BCUT2D eigenvalue weighted by molar-refractivity contribution is 6.02. The van der Waals surface area contributed by atoms with E-state index in [0.29, 0.717) is 30.1 Å². The van der Waals surface area contributed by atoms with E-state index in [9.17, 15) is 4.79 Å². The Hall–Kier alpha value is -2.96. The van der Waals surface area contributed by atoms with Crippen LogP contribution in [0.3, 0.4) is 0 Å². The zero-order valence-electron chi connectivity index (χ0n) is 22.0. The molecular formula is C27H42N4O3. The normalized spacial score (nSPS) is 14.3. The molecule has 7 heteroatoms. The molecule has 4 rings (SSSR count). The van der Waals surface area contributed by atoms with Gasteiger partial charge in [0.1, 0.15) is 0 Å². The van der Waals surface area contributed by atoms with E-state index in [4.69, 9.17) is 4.74 Å². The van der Waals surface area contributed by atoms with Gasteiger partial charge in [0.05, 0.1) is 36.4 Å². The minimum Gasteiger partial charge on any atom is -0.498 e. The first-order valence-electron chi connectivity index (χ1n) is 12.1. The van der Waals surface area contributed by atoms with Crippen molar-refractivity contribution in [1.29, 1.82) is 0 Å². The van der Waals surface area contributed by atoms with Crippen molar-refractivity contribution in [3.63, 3.8) is 0 Å². The molecule has 0 amide bonds. The number of hydrogen-bond donors (Lipinski definition) is 1. The summed E-state index contributed by atoms with van der Waals surface area (Å²) in [5, 5.41) is 13.7. The van der Waals surface area contributed by atoms with Gasteiger partial charge in [-0.05, 0) is 29.4 Å². The number of rotatable bonds is 4. The quantitative estimate of drug-likeness (QED) is 0.507. The maximum Gasteiger partial charge on any atom is 0.340 e. The predicted molar refractivity (Wildman–Crippen MR) is 137 cm³/mol. The first-order chi connectivity index (χ1) is 16.1. The third-order valence-electron chi connectivity index (χ3n) is 5.05. The molecule has 2 aliphatic heterocycles. The highest BCUT2D eigenvalue weighted by Crippen LogP contribution is 2.17. The number of ether oxygens (including phenoxy) is 1. The van der Waals surface area contributed by atoms with Gasteiger partial charge in [-0.1, -0.05) is 90.9 Å². The van der Waals surface area contributed by atoms with Gasteiger partial charge in [-0.3, -0.25) is 0 Å². The second-order valence-electron chi connectivity index (χ2n) is 9.39. The van der Waals surface area contributed by atoms with Gasteiger partial charge in [-0.2, -0.15) is 15.4 Å². The molecular weight excluding hydrogens is 428 g/mol. The van der Waals surface area contributed by atoms with E-state index in [2.05, 4.69) is 97.3 Å². The molecule has 0 fully saturated rings. The fraction of sp³-hybridized carbons (Fsp3) is 0.556. The monoisotopic (exact) mass is 470 g/mol. The number of hydrogen-bond acceptors (Lipinski definition) is 6. The summed E-state index contributed by atoms with van der Waals surface area (Å²) in [4.78, 5) is 14.8. The SMILES string of the molecule is CC(C)C1=CCCO1.CC(C)C1=NOC(=O)C1.CC(C)c1ccccc1.CC(C)c1cn[nH]n1. The number of carbonyl (C=O) groups is 1. The van der Waals surface area contributed by atoms with E-state index in [1.807, 2.05) is 19.9 Å². The lowest BCUT2D eigenvalue weighted by atomic mass is 10.0. The molecule has 3 heterocycles. The second-order valence-corrected chi connectivity index (χ2v) is 9.39. The van der Waals surface area contributed by atoms with Crippen molar-refractivity contribution in [1.82, 2.24) is 15.4 Å². The van der Waals surface area contributed by atoms with Gasteiger partial charge in [0.25, 0.3) is 0 Å². The lowest BCUT2D eigenvalue weighted by Crippen LogP contribution is -2.05. The Labute approximate surface area is 205 Å². The largest absolute Gasteiger partial charge is 0.498 e. The van der Waals surface area contributed by atoms with Gasteiger partial charge >= 0.3 is 5.97 Å². The van der Waals surface area contributed by atoms with Crippen LogP contribution in [-0.4, -0.2) is 33.7 Å². The predicted octanol–water partition coefficient (Wildman–Crippen LogP) is 6.63. The molecule has 34 heavy (non-hydrogen) atoms. The Kier molecular flexibility index (Phi) is 13.5. The Morgan fingerprint density at radius 1 is 0.882 bits per heavy atom. The fourth-order valence-electron chi connectivity index (χ4n) is 2.80. The van der Waals surface area contributed by atoms with Crippen molar-refractivity contribution in [3.05, 3.63) is 59.6 Å². The summed E-state index contributed by atoms with van der Waals surface area (Å²) < 4.78 is 5.28. The Morgan fingerprint density at radius 2 is 1.56 bits per heavy atom. The van der Waals surface area contributed by atoms with Crippen molar-refractivity contribution in [2.24, 2.45) is 17.0 Å². The van der Waals surface area contributed by atoms with E-state index in [1.165, 1.54) is 11.3 Å². The number of oxime groups is 1. The number of H-pyrrole nitrogens is 1. The molecule has 1 aromatic heterocycles. The molecule has 2 aromatic rings. The molecule has 0 saturated carbocycles. The maximum atomic E-state index is 10.4. The van der Waals surface area contributed by atoms with Gasteiger partial charge < -0.3 is 9.57 Å². The van der Waals surface area contributed by atoms with Crippen LogP contribution in [0, 0.1) is 11.8 Å². The molecule has 0 aliphatic carbocycles. The smallest absolute Gasteiger partial charge is 0.340 e. The number of aromatic amines is 1. The summed E-state index contributed by atoms with van der Waals surface area (Å²) in [6, 6.07) is 10.5. The second kappa shape index (κ2) is 15.8. The van der Waals surface area contributed by atoms with Crippen LogP contribution < -0.4 is 0 Å². The van der Waals surface area contributed by atoms with Crippen LogP contribution in [0.5, 0.6) is 0 Å². The standard InChI is InChI=1S/C9H12.C7H12O.C6H9NO2.C5H9N3/c1-8(2)9-6-4-3-5-7-9;1-6(2)7-4-3-5-8-7;1-4(2)5-3-6(8)9-7-5;1-4(2)5-3-6-8-7-5/h3-8H,1-2H3;4,6H,3,5H2,1-2H3;4H,3H2,1-2H3;3-4H,1-2H3,(H,6,7,8). The van der Waals surface area contributed by atoms with Crippen molar-refractivity contribution < 1.29 is 14.4 Å². The third-order valence-corrected chi connectivity index (χ3v) is 5.05. The highest BCUT2D eigenvalue weighted by Gasteiger charge is 2.19. The maximum absolute atomic E-state index is 10.4. The first kappa shape index (κ1) is 29.1. The number of nitrogens with one attached hydrogen (secondary N) is 1. The van der Waals surface area contributed by atoms with Crippen molar-refractivity contribution >= 4 is 11.7 Å². The van der Waals surface area contributed by atoms with Crippen LogP contribution in [0.15, 0.2) is 53.5 Å². The summed E-state index contributed by atoms with van der Waals surface area (Å²) in [5.74, 6) is 2.98. The zero-order chi connectivity index (χ0) is 25.5. The molecule has 7 nitrogen and oxygen atoms in total. The summed E-state index contributed by atoms with van der Waals surface area (Å²) in [5.41, 5.74) is 3.28. The van der Waals surface area contributed by atoms with Gasteiger partial charge in [0, 0.05) is 12.3 Å². The summed E-state index contributed by atoms with van der Waals surface area (Å²) in [6.07, 6.45) is 5.39. The highest BCUT2D eigenvalue weighted by atomic mass is 16.7. The molecule has 0 bridgehead atoms. The van der Waals surface area contributed by atoms with E-state index < -0.39 is 0 Å². The molecule has 0 spiro atoms. The minimum absolute atomic E-state index is 0.237. The molecule has 1 N–H and O–H groups in total. The molecule has 1 aromatic carbocycles. The average Bonchev–Trinajstić information content (AvgIpc) is 3.58. The number of carbonyl (C=O) groups excluding carboxylic acids is 1. The summed E-state index contributed by atoms with van der Waals surface area (Å²) >= 11 is 0. The van der Waals surface area contributed by atoms with Gasteiger partial charge in [-0.15, -0.1) is 0 Å². The lowest BCUT2D eigenvalue weighted by Gasteiger charge is -2.04. The summed E-state index contributed by atoms with van der Waals surface area (Å²) in [7, 11) is 0. The van der Waals surface area contributed by atoms with Gasteiger partial charge in [0.2, 0.25) is 0 Å². The first-order valence-corrected chi connectivity index (χ1v) is 12.1. The van der Waals surface area contributed by atoms with Crippen LogP contribution in [0.4, 0.5) is 0 Å². The lowest BCUT2D eigenvalue weighted by molar-refractivity contribution is -0.140. The van der Waals surface area contributed by atoms with Crippen molar-refractivity contribution in [3.8, 4) is 0 Å². The molecule has 0 radical (unpaired) electrons. The number of aromatic nitrogens is 3. The molecule has 0 saturated heterocycles. The molecule has 0 atom stereocenters. The topological polar surface area (TPSA) is 89.5 Å².